The van der Waals surface area contributed by atoms with Crippen LogP contribution < -0.4 is 9.62 Å². The summed E-state index contributed by atoms with van der Waals surface area (Å²) in [6.45, 7) is 6.65. The zero-order chi connectivity index (χ0) is 28.0. The Kier molecular flexibility index (Phi) is 9.82. The fourth-order valence-electron chi connectivity index (χ4n) is 3.87. The van der Waals surface area contributed by atoms with E-state index in [1.807, 2.05) is 26.8 Å². The highest BCUT2D eigenvalue weighted by Crippen LogP contribution is 2.26. The summed E-state index contributed by atoms with van der Waals surface area (Å²) in [5.41, 5.74) is 1.86. The van der Waals surface area contributed by atoms with Crippen molar-refractivity contribution in [2.75, 3.05) is 10.8 Å². The number of rotatable bonds is 10. The van der Waals surface area contributed by atoms with Crippen molar-refractivity contribution in [3.8, 4) is 0 Å². The Bertz CT molecular complexity index is 1400. The third-order valence-electron chi connectivity index (χ3n) is 5.81. The molecule has 1 atom stereocenters. The predicted molar refractivity (Wildman–Crippen MR) is 152 cm³/mol. The molecule has 0 saturated heterocycles. The van der Waals surface area contributed by atoms with Crippen LogP contribution in [0.15, 0.2) is 77.7 Å². The van der Waals surface area contributed by atoms with E-state index in [9.17, 15) is 18.0 Å². The van der Waals surface area contributed by atoms with E-state index < -0.39 is 28.5 Å². The Morgan fingerprint density at radius 2 is 1.55 bits per heavy atom. The van der Waals surface area contributed by atoms with Gasteiger partial charge in [0.2, 0.25) is 11.8 Å². The van der Waals surface area contributed by atoms with Crippen molar-refractivity contribution in [1.29, 1.82) is 0 Å². The van der Waals surface area contributed by atoms with Crippen LogP contribution in [0.4, 0.5) is 5.69 Å². The zero-order valence-corrected chi connectivity index (χ0v) is 24.0. The normalized spacial score (nSPS) is 12.2. The second-order valence-corrected chi connectivity index (χ2v) is 12.0. The molecule has 0 spiro atoms. The maximum atomic E-state index is 13.9. The van der Waals surface area contributed by atoms with Crippen LogP contribution in [-0.4, -0.2) is 43.8 Å². The number of halogens is 2. The Balaban J connectivity index is 2.03. The first kappa shape index (κ1) is 29.5. The molecular formula is C28H31Cl2N3O4S. The number of aryl methyl sites for hydroxylation is 1. The first-order valence-corrected chi connectivity index (χ1v) is 14.3. The molecule has 0 saturated carbocycles. The smallest absolute Gasteiger partial charge is 0.264 e. The molecule has 0 fully saturated rings. The molecule has 0 heterocycles. The number of hydrogen-bond acceptors (Lipinski definition) is 4. The van der Waals surface area contributed by atoms with E-state index in [1.54, 1.807) is 49.4 Å². The lowest BCUT2D eigenvalue weighted by Crippen LogP contribution is -2.52. The zero-order valence-electron chi connectivity index (χ0n) is 21.7. The number of amides is 2. The van der Waals surface area contributed by atoms with Crippen LogP contribution >= 0.6 is 23.2 Å². The van der Waals surface area contributed by atoms with Gasteiger partial charge in [-0.2, -0.15) is 0 Å². The summed E-state index contributed by atoms with van der Waals surface area (Å²) < 4.78 is 28.6. The number of carbonyl (C=O) groups is 2. The lowest BCUT2D eigenvalue weighted by Gasteiger charge is -2.32. The molecule has 3 aromatic carbocycles. The molecule has 2 amide bonds. The monoisotopic (exact) mass is 575 g/mol. The van der Waals surface area contributed by atoms with Crippen LogP contribution in [0.2, 0.25) is 10.0 Å². The van der Waals surface area contributed by atoms with Crippen molar-refractivity contribution in [2.24, 2.45) is 0 Å². The molecule has 0 aliphatic heterocycles. The number of nitrogens with zero attached hydrogens (tertiary/aromatic N) is 2. The highest BCUT2D eigenvalue weighted by Gasteiger charge is 2.32. The van der Waals surface area contributed by atoms with Crippen molar-refractivity contribution in [1.82, 2.24) is 10.2 Å². The van der Waals surface area contributed by atoms with Crippen molar-refractivity contribution < 1.29 is 18.0 Å². The van der Waals surface area contributed by atoms with Gasteiger partial charge in [-0.3, -0.25) is 13.9 Å². The molecule has 0 radical (unpaired) electrons. The van der Waals surface area contributed by atoms with Crippen LogP contribution in [0.25, 0.3) is 0 Å². The summed E-state index contributed by atoms with van der Waals surface area (Å²) in [6, 6.07) is 18.6. The second-order valence-electron chi connectivity index (χ2n) is 9.30. The number of carbonyl (C=O) groups excluding carboxylic acids is 2. The third kappa shape index (κ3) is 7.49. The minimum atomic E-state index is -4.16. The predicted octanol–water partition coefficient (Wildman–Crippen LogP) is 5.44. The summed E-state index contributed by atoms with van der Waals surface area (Å²) in [7, 11) is -4.16. The Morgan fingerprint density at radius 3 is 2.16 bits per heavy atom. The van der Waals surface area contributed by atoms with Gasteiger partial charge in [-0.25, -0.2) is 8.42 Å². The van der Waals surface area contributed by atoms with Gasteiger partial charge >= 0.3 is 0 Å². The second kappa shape index (κ2) is 12.7. The van der Waals surface area contributed by atoms with Gasteiger partial charge in [-0.05, 0) is 87.4 Å². The van der Waals surface area contributed by atoms with Crippen molar-refractivity contribution in [3.63, 3.8) is 0 Å². The lowest BCUT2D eigenvalue weighted by molar-refractivity contribution is -0.139. The van der Waals surface area contributed by atoms with E-state index in [2.05, 4.69) is 5.32 Å². The largest absolute Gasteiger partial charge is 0.352 e. The number of benzene rings is 3. The van der Waals surface area contributed by atoms with Crippen LogP contribution in [0, 0.1) is 6.92 Å². The minimum absolute atomic E-state index is 0.0109. The number of nitrogens with one attached hydrogen (secondary N) is 1. The number of anilines is 1. The molecule has 10 heteroatoms. The number of hydrogen-bond donors (Lipinski definition) is 1. The van der Waals surface area contributed by atoms with Gasteiger partial charge in [-0.1, -0.05) is 47.5 Å². The maximum Gasteiger partial charge on any atom is 0.264 e. The lowest BCUT2D eigenvalue weighted by atomic mass is 10.1. The standard InChI is InChI=1S/C28H31Cl2N3O4S/c1-19(2)31-28(35)21(4)32(17-22-8-6-9-24(30)16-22)27(34)18-33(25-10-5-7-20(3)15-25)38(36,37)26-13-11-23(29)12-14-26/h5-16,19,21H,17-18H2,1-4H3,(H,31,35)/t21-/m0/s1. The molecule has 7 nitrogen and oxygen atoms in total. The molecule has 202 valence electrons. The van der Waals surface area contributed by atoms with Crippen molar-refractivity contribution >= 4 is 50.7 Å². The maximum absolute atomic E-state index is 13.9. The van der Waals surface area contributed by atoms with Crippen molar-refractivity contribution in [2.45, 2.75) is 51.2 Å². The molecule has 0 unspecified atom stereocenters. The quantitative estimate of drug-likeness (QED) is 0.348. The molecule has 0 aromatic heterocycles. The summed E-state index contributed by atoms with van der Waals surface area (Å²) >= 11 is 12.1. The first-order chi connectivity index (χ1) is 17.9. The molecule has 3 rings (SSSR count). The van der Waals surface area contributed by atoms with Crippen LogP contribution in [0.3, 0.4) is 0 Å². The topological polar surface area (TPSA) is 86.8 Å². The average Bonchev–Trinajstić information content (AvgIpc) is 2.85. The van der Waals surface area contributed by atoms with Gasteiger partial charge in [0.05, 0.1) is 10.6 Å². The summed E-state index contributed by atoms with van der Waals surface area (Å²) in [5.74, 6) is -0.895. The van der Waals surface area contributed by atoms with Gasteiger partial charge < -0.3 is 10.2 Å². The molecule has 0 aliphatic rings. The molecule has 0 aliphatic carbocycles. The van der Waals surface area contributed by atoms with Gasteiger partial charge in [0.25, 0.3) is 10.0 Å². The van der Waals surface area contributed by atoms with E-state index in [-0.39, 0.29) is 23.4 Å². The Hall–Kier alpha value is -3.07. The van der Waals surface area contributed by atoms with Crippen molar-refractivity contribution in [3.05, 3.63) is 94.0 Å². The van der Waals surface area contributed by atoms with E-state index in [0.29, 0.717) is 21.3 Å². The molecule has 38 heavy (non-hydrogen) atoms. The summed E-state index contributed by atoms with van der Waals surface area (Å²) in [4.78, 5) is 28.1. The molecular weight excluding hydrogens is 545 g/mol. The van der Waals surface area contributed by atoms with E-state index in [0.717, 1.165) is 9.87 Å². The van der Waals surface area contributed by atoms with Crippen LogP contribution in [-0.2, 0) is 26.2 Å². The van der Waals surface area contributed by atoms with Crippen LogP contribution in [0.1, 0.15) is 31.9 Å². The third-order valence-corrected chi connectivity index (χ3v) is 8.09. The molecule has 1 N–H and O–H groups in total. The summed E-state index contributed by atoms with van der Waals surface area (Å²) in [6.07, 6.45) is 0. The Labute approximate surface area is 234 Å². The average molecular weight is 577 g/mol. The molecule has 0 bridgehead atoms. The summed E-state index contributed by atoms with van der Waals surface area (Å²) in [5, 5.41) is 3.70. The SMILES string of the molecule is Cc1cccc(N(CC(=O)N(Cc2cccc(Cl)c2)[C@@H](C)C(=O)NC(C)C)S(=O)(=O)c2ccc(Cl)cc2)c1. The fraction of sp³-hybridized carbons (Fsp3) is 0.286. The van der Waals surface area contributed by atoms with Gasteiger partial charge in [0.15, 0.2) is 0 Å². The van der Waals surface area contributed by atoms with Gasteiger partial charge in [0.1, 0.15) is 12.6 Å². The van der Waals surface area contributed by atoms with Crippen LogP contribution in [0.5, 0.6) is 0 Å². The first-order valence-electron chi connectivity index (χ1n) is 12.1. The van der Waals surface area contributed by atoms with E-state index >= 15 is 0 Å². The van der Waals surface area contributed by atoms with Gasteiger partial charge in [-0.15, -0.1) is 0 Å². The van der Waals surface area contributed by atoms with E-state index in [1.165, 1.54) is 29.2 Å². The van der Waals surface area contributed by atoms with E-state index in [4.69, 9.17) is 23.2 Å². The Morgan fingerprint density at radius 1 is 0.895 bits per heavy atom. The van der Waals surface area contributed by atoms with Gasteiger partial charge in [0, 0.05) is 22.6 Å². The fourth-order valence-corrected chi connectivity index (χ4v) is 5.61. The molecule has 3 aromatic rings. The highest BCUT2D eigenvalue weighted by atomic mass is 35.5. The number of sulfonamides is 1. The highest BCUT2D eigenvalue weighted by molar-refractivity contribution is 7.92. The minimum Gasteiger partial charge on any atom is -0.352 e.